The highest BCUT2D eigenvalue weighted by molar-refractivity contribution is 5.88. The molecule has 0 aromatic heterocycles. The molecule has 2 saturated heterocycles. The number of nitrogens with zero attached hydrogens (tertiary/aromatic N) is 2. The molecule has 3 atom stereocenters. The van der Waals surface area contributed by atoms with Crippen LogP contribution in [0.3, 0.4) is 0 Å². The number of hydrogen-bond acceptors (Lipinski definition) is 5. The zero-order chi connectivity index (χ0) is 27.8. The van der Waals surface area contributed by atoms with Crippen molar-refractivity contribution in [2.45, 2.75) is 75.0 Å². The SMILES string of the molecule is N#CC1(NC(=O)C(CC2CCCCC2)NC(=O)N2CCOCC2)CC(c2ccccc2)NC(c2ccccc2)C1. The molecule has 212 valence electrons. The molecule has 2 aromatic rings. The fourth-order valence-corrected chi connectivity index (χ4v) is 6.48. The van der Waals surface area contributed by atoms with Crippen LogP contribution in [0, 0.1) is 17.2 Å². The Morgan fingerprint density at radius 3 is 2.08 bits per heavy atom. The lowest BCUT2D eigenvalue weighted by atomic mass is 9.77. The lowest BCUT2D eigenvalue weighted by Crippen LogP contribution is -2.60. The highest BCUT2D eigenvalue weighted by atomic mass is 16.5. The van der Waals surface area contributed by atoms with E-state index in [1.54, 1.807) is 4.90 Å². The van der Waals surface area contributed by atoms with Crippen LogP contribution in [-0.4, -0.2) is 54.7 Å². The van der Waals surface area contributed by atoms with Crippen molar-refractivity contribution in [3.63, 3.8) is 0 Å². The molecule has 3 aliphatic rings. The number of amides is 3. The third-order valence-corrected chi connectivity index (χ3v) is 8.69. The van der Waals surface area contributed by atoms with Gasteiger partial charge in [-0.05, 0) is 23.5 Å². The number of hydrogen-bond donors (Lipinski definition) is 3. The number of benzene rings is 2. The normalized spacial score (nSPS) is 26.3. The van der Waals surface area contributed by atoms with Crippen molar-refractivity contribution in [2.24, 2.45) is 5.92 Å². The molecule has 0 radical (unpaired) electrons. The van der Waals surface area contributed by atoms with E-state index < -0.39 is 11.6 Å². The smallest absolute Gasteiger partial charge is 0.318 e. The average molecular weight is 544 g/mol. The fraction of sp³-hybridized carbons (Fsp3) is 0.531. The van der Waals surface area contributed by atoms with Crippen molar-refractivity contribution in [2.75, 3.05) is 26.3 Å². The third kappa shape index (κ3) is 7.01. The Morgan fingerprint density at radius 1 is 0.950 bits per heavy atom. The lowest BCUT2D eigenvalue weighted by Gasteiger charge is -2.43. The number of urea groups is 1. The second-order valence-electron chi connectivity index (χ2n) is 11.5. The molecular formula is C32H41N5O3. The summed E-state index contributed by atoms with van der Waals surface area (Å²) in [5, 5.41) is 20.6. The largest absolute Gasteiger partial charge is 0.378 e. The van der Waals surface area contributed by atoms with Crippen molar-refractivity contribution in [3.05, 3.63) is 71.8 Å². The maximum Gasteiger partial charge on any atom is 0.318 e. The molecular weight excluding hydrogens is 502 g/mol. The summed E-state index contributed by atoms with van der Waals surface area (Å²) in [4.78, 5) is 28.9. The molecule has 2 heterocycles. The molecule has 0 bridgehead atoms. The summed E-state index contributed by atoms with van der Waals surface area (Å²) in [6, 6.07) is 21.5. The molecule has 5 rings (SSSR count). The standard InChI is InChI=1S/C32H41N5O3/c33-23-32(21-28(25-12-6-2-7-13-25)34-29(22-32)26-14-8-3-9-15-26)36-30(38)27(20-24-10-4-1-5-11-24)35-31(39)37-16-18-40-19-17-37/h2-3,6-9,12-15,24,27-29,34H,1,4-5,10-11,16-22H2,(H,35,39)(H,36,38). The van der Waals surface area contributed by atoms with Crippen LogP contribution in [0.2, 0.25) is 0 Å². The zero-order valence-corrected chi connectivity index (χ0v) is 23.2. The van der Waals surface area contributed by atoms with Crippen LogP contribution in [0.25, 0.3) is 0 Å². The number of rotatable bonds is 7. The highest BCUT2D eigenvalue weighted by Crippen LogP contribution is 2.39. The van der Waals surface area contributed by atoms with Crippen LogP contribution < -0.4 is 16.0 Å². The first-order valence-corrected chi connectivity index (χ1v) is 14.8. The van der Waals surface area contributed by atoms with Gasteiger partial charge in [0.25, 0.3) is 0 Å². The number of nitrogens with one attached hydrogen (secondary N) is 3. The van der Waals surface area contributed by atoms with E-state index >= 15 is 0 Å². The topological polar surface area (TPSA) is 106 Å². The van der Waals surface area contributed by atoms with Crippen molar-refractivity contribution < 1.29 is 14.3 Å². The Balaban J connectivity index is 1.38. The summed E-state index contributed by atoms with van der Waals surface area (Å²) in [6.45, 7) is 2.02. The van der Waals surface area contributed by atoms with E-state index in [4.69, 9.17) is 4.74 Å². The third-order valence-electron chi connectivity index (χ3n) is 8.69. The van der Waals surface area contributed by atoms with Gasteiger partial charge in [0.05, 0.1) is 19.3 Å². The van der Waals surface area contributed by atoms with Crippen molar-refractivity contribution in [1.82, 2.24) is 20.9 Å². The van der Waals surface area contributed by atoms with E-state index in [0.717, 1.165) is 36.8 Å². The number of carbonyl (C=O) groups is 2. The number of morpholine rings is 1. The average Bonchev–Trinajstić information content (AvgIpc) is 3.02. The van der Waals surface area contributed by atoms with Gasteiger partial charge < -0.3 is 25.6 Å². The predicted molar refractivity (Wildman–Crippen MR) is 153 cm³/mol. The minimum Gasteiger partial charge on any atom is -0.378 e. The Labute approximate surface area is 237 Å². The molecule has 3 amide bonds. The second kappa shape index (κ2) is 13.3. The maximum absolute atomic E-state index is 14.0. The van der Waals surface area contributed by atoms with E-state index in [2.05, 4.69) is 46.3 Å². The van der Waals surface area contributed by atoms with E-state index in [1.165, 1.54) is 6.42 Å². The van der Waals surface area contributed by atoms with E-state index in [-0.39, 0.29) is 24.0 Å². The van der Waals surface area contributed by atoms with Crippen LogP contribution in [0.4, 0.5) is 4.79 Å². The summed E-state index contributed by atoms with van der Waals surface area (Å²) < 4.78 is 5.40. The van der Waals surface area contributed by atoms with Crippen LogP contribution in [0.1, 0.15) is 74.6 Å². The summed E-state index contributed by atoms with van der Waals surface area (Å²) in [5.41, 5.74) is 1.07. The molecule has 1 aliphatic carbocycles. The first-order valence-electron chi connectivity index (χ1n) is 14.8. The molecule has 1 saturated carbocycles. The second-order valence-corrected chi connectivity index (χ2v) is 11.5. The zero-order valence-electron chi connectivity index (χ0n) is 23.2. The Kier molecular flexibility index (Phi) is 9.35. The monoisotopic (exact) mass is 543 g/mol. The van der Waals surface area contributed by atoms with Gasteiger partial charge in [0, 0.05) is 38.0 Å². The van der Waals surface area contributed by atoms with Crippen molar-refractivity contribution in [3.8, 4) is 6.07 Å². The summed E-state index contributed by atoms with van der Waals surface area (Å²) in [7, 11) is 0. The van der Waals surface area contributed by atoms with Crippen LogP contribution in [-0.2, 0) is 9.53 Å². The van der Waals surface area contributed by atoms with Crippen LogP contribution in [0.15, 0.2) is 60.7 Å². The minimum atomic E-state index is -1.09. The highest BCUT2D eigenvalue weighted by Gasteiger charge is 2.44. The molecule has 8 heteroatoms. The maximum atomic E-state index is 14.0. The van der Waals surface area contributed by atoms with Gasteiger partial charge in [0.1, 0.15) is 11.6 Å². The van der Waals surface area contributed by atoms with Gasteiger partial charge in [0.15, 0.2) is 0 Å². The summed E-state index contributed by atoms with van der Waals surface area (Å²) >= 11 is 0. The van der Waals surface area contributed by atoms with Crippen LogP contribution >= 0.6 is 0 Å². The molecule has 0 spiro atoms. The predicted octanol–water partition coefficient (Wildman–Crippen LogP) is 4.61. The molecule has 3 N–H and O–H groups in total. The minimum absolute atomic E-state index is 0.111. The fourth-order valence-electron chi connectivity index (χ4n) is 6.48. The molecule has 40 heavy (non-hydrogen) atoms. The molecule has 2 aromatic carbocycles. The number of ether oxygens (including phenoxy) is 1. The van der Waals surface area contributed by atoms with Crippen molar-refractivity contribution >= 4 is 11.9 Å². The molecule has 8 nitrogen and oxygen atoms in total. The number of nitriles is 1. The first kappa shape index (κ1) is 28.1. The lowest BCUT2D eigenvalue weighted by molar-refractivity contribution is -0.125. The van der Waals surface area contributed by atoms with E-state index in [9.17, 15) is 14.9 Å². The van der Waals surface area contributed by atoms with Gasteiger partial charge >= 0.3 is 6.03 Å². The van der Waals surface area contributed by atoms with Gasteiger partial charge in [-0.3, -0.25) is 4.79 Å². The van der Waals surface area contributed by atoms with Crippen molar-refractivity contribution in [1.29, 1.82) is 5.26 Å². The van der Waals surface area contributed by atoms with Gasteiger partial charge in [-0.2, -0.15) is 5.26 Å². The van der Waals surface area contributed by atoms with E-state index in [0.29, 0.717) is 51.5 Å². The molecule has 3 fully saturated rings. The van der Waals surface area contributed by atoms with E-state index in [1.807, 2.05) is 36.4 Å². The Bertz CT molecular complexity index is 1110. The summed E-state index contributed by atoms with van der Waals surface area (Å²) in [6.07, 6.45) is 7.13. The Hall–Kier alpha value is -3.41. The molecule has 2 aliphatic heterocycles. The summed E-state index contributed by atoms with van der Waals surface area (Å²) in [5.74, 6) is 0.115. The van der Waals surface area contributed by atoms with Crippen LogP contribution in [0.5, 0.6) is 0 Å². The van der Waals surface area contributed by atoms with Gasteiger partial charge in [-0.15, -0.1) is 0 Å². The molecule has 3 unspecified atom stereocenters. The number of carbonyl (C=O) groups excluding carboxylic acids is 2. The first-order chi connectivity index (χ1) is 19.5. The quantitative estimate of drug-likeness (QED) is 0.473. The van der Waals surface area contributed by atoms with Gasteiger partial charge in [0.2, 0.25) is 5.91 Å². The Morgan fingerprint density at radius 2 is 1.52 bits per heavy atom. The number of piperidine rings is 1. The van der Waals surface area contributed by atoms with Gasteiger partial charge in [-0.1, -0.05) is 92.8 Å². The van der Waals surface area contributed by atoms with Gasteiger partial charge in [-0.25, -0.2) is 4.79 Å².